The van der Waals surface area contributed by atoms with Gasteiger partial charge in [0.1, 0.15) is 11.6 Å². The second-order valence-corrected chi connectivity index (χ2v) is 9.82. The minimum absolute atomic E-state index is 0.873. The fraction of sp³-hybridized carbons (Fsp3) is 0.0909. The Balaban J connectivity index is 1.48. The SMILES string of the molecule is CC/C=C\C=C(/CI)n1c(-c2ccc(-c3nc4ccccc4n3-c3ccccc3)cc2)nc2ccccc21. The van der Waals surface area contributed by atoms with Gasteiger partial charge in [-0.15, -0.1) is 0 Å². The lowest BCUT2D eigenvalue weighted by Gasteiger charge is -2.12. The zero-order valence-corrected chi connectivity index (χ0v) is 23.3. The van der Waals surface area contributed by atoms with E-state index in [2.05, 4.69) is 142 Å². The van der Waals surface area contributed by atoms with Crippen molar-refractivity contribution in [3.8, 4) is 28.5 Å². The number of fused-ring (bicyclic) bond motifs is 2. The number of aromatic nitrogens is 4. The van der Waals surface area contributed by atoms with Crippen LogP contribution in [-0.4, -0.2) is 23.5 Å². The van der Waals surface area contributed by atoms with Crippen LogP contribution in [0.3, 0.4) is 0 Å². The number of allylic oxidation sites excluding steroid dienone is 4. The van der Waals surface area contributed by atoms with E-state index < -0.39 is 0 Å². The van der Waals surface area contributed by atoms with Crippen LogP contribution in [0.25, 0.3) is 56.2 Å². The van der Waals surface area contributed by atoms with E-state index in [9.17, 15) is 0 Å². The molecule has 0 spiro atoms. The number of imidazole rings is 2. The van der Waals surface area contributed by atoms with Crippen LogP contribution >= 0.6 is 22.6 Å². The van der Waals surface area contributed by atoms with Gasteiger partial charge < -0.3 is 0 Å². The van der Waals surface area contributed by atoms with Gasteiger partial charge >= 0.3 is 0 Å². The molecule has 0 fully saturated rings. The number of hydrogen-bond acceptors (Lipinski definition) is 2. The number of rotatable bonds is 7. The van der Waals surface area contributed by atoms with Gasteiger partial charge in [0.05, 0.1) is 22.1 Å². The van der Waals surface area contributed by atoms with Crippen LogP contribution < -0.4 is 0 Å². The summed E-state index contributed by atoms with van der Waals surface area (Å²) in [5, 5.41) is 0. The van der Waals surface area contributed by atoms with Gasteiger partial charge in [0.2, 0.25) is 0 Å². The molecule has 4 nitrogen and oxygen atoms in total. The maximum atomic E-state index is 5.06. The Hall–Kier alpha value is -3.97. The first-order valence-corrected chi connectivity index (χ1v) is 14.3. The van der Waals surface area contributed by atoms with Crippen LogP contribution in [-0.2, 0) is 0 Å². The Bertz CT molecular complexity index is 1770. The zero-order chi connectivity index (χ0) is 25.9. The van der Waals surface area contributed by atoms with Crippen LogP contribution in [0.4, 0.5) is 0 Å². The summed E-state index contributed by atoms with van der Waals surface area (Å²) < 4.78 is 5.39. The summed E-state index contributed by atoms with van der Waals surface area (Å²) in [6.07, 6.45) is 7.53. The summed E-state index contributed by atoms with van der Waals surface area (Å²) in [5.74, 6) is 1.87. The molecule has 0 saturated carbocycles. The predicted octanol–water partition coefficient (Wildman–Crippen LogP) is 8.95. The van der Waals surface area contributed by atoms with Crippen LogP contribution in [0.15, 0.2) is 121 Å². The molecule has 38 heavy (non-hydrogen) atoms. The van der Waals surface area contributed by atoms with E-state index in [1.54, 1.807) is 0 Å². The summed E-state index contributed by atoms with van der Waals surface area (Å²) in [5.41, 5.74) is 8.62. The lowest BCUT2D eigenvalue weighted by Crippen LogP contribution is -2.01. The standard InChI is InChI=1S/C33H27IN4/c1-2-3-5-14-27(23-34)38-31-18-11-9-16-29(31)36-33(38)25-21-19-24(20-22-25)32-35-28-15-8-10-17-30(28)37(32)26-12-6-4-7-13-26/h3-22H,2,23H2,1H3/b5-3-,27-14+. The molecule has 0 N–H and O–H groups in total. The van der Waals surface area contributed by atoms with Crippen LogP contribution in [0.1, 0.15) is 13.3 Å². The smallest absolute Gasteiger partial charge is 0.145 e. The normalized spacial score (nSPS) is 12.2. The van der Waals surface area contributed by atoms with E-state index in [1.165, 1.54) is 5.70 Å². The van der Waals surface area contributed by atoms with E-state index in [0.29, 0.717) is 0 Å². The molecule has 6 rings (SSSR count). The molecule has 2 aromatic heterocycles. The summed E-state index contributed by atoms with van der Waals surface area (Å²) >= 11 is 2.44. The van der Waals surface area contributed by atoms with E-state index in [-0.39, 0.29) is 0 Å². The Morgan fingerprint density at radius 2 is 1.29 bits per heavy atom. The summed E-state index contributed by atoms with van der Waals surface area (Å²) in [7, 11) is 0. The number of alkyl halides is 1. The molecule has 0 radical (unpaired) electrons. The molecular weight excluding hydrogens is 579 g/mol. The fourth-order valence-electron chi connectivity index (χ4n) is 4.83. The van der Waals surface area contributed by atoms with Gasteiger partial charge in [-0.1, -0.05) is 108 Å². The molecular formula is C33H27IN4. The number of nitrogens with zero attached hydrogens (tertiary/aromatic N) is 4. The Morgan fingerprint density at radius 1 is 0.711 bits per heavy atom. The van der Waals surface area contributed by atoms with Gasteiger partial charge in [-0.3, -0.25) is 9.13 Å². The highest BCUT2D eigenvalue weighted by molar-refractivity contribution is 14.1. The molecule has 2 heterocycles. The molecule has 0 bridgehead atoms. The van der Waals surface area contributed by atoms with Gasteiger partial charge in [0.25, 0.3) is 0 Å². The topological polar surface area (TPSA) is 35.6 Å². The maximum absolute atomic E-state index is 5.06. The molecule has 6 aromatic rings. The number of halogens is 1. The van der Waals surface area contributed by atoms with Crippen molar-refractivity contribution in [2.45, 2.75) is 13.3 Å². The zero-order valence-electron chi connectivity index (χ0n) is 21.1. The highest BCUT2D eigenvalue weighted by Gasteiger charge is 2.17. The lowest BCUT2D eigenvalue weighted by molar-refractivity contribution is 1.10. The Kier molecular flexibility index (Phi) is 6.92. The van der Waals surface area contributed by atoms with Crippen LogP contribution in [0, 0.1) is 0 Å². The quantitative estimate of drug-likeness (QED) is 0.103. The van der Waals surface area contributed by atoms with Crippen molar-refractivity contribution in [1.29, 1.82) is 0 Å². The van der Waals surface area contributed by atoms with Gasteiger partial charge in [-0.25, -0.2) is 9.97 Å². The monoisotopic (exact) mass is 606 g/mol. The first-order chi connectivity index (χ1) is 18.8. The van der Waals surface area contributed by atoms with Gasteiger partial charge in [0, 0.05) is 26.9 Å². The average Bonchev–Trinajstić information content (AvgIpc) is 3.55. The Morgan fingerprint density at radius 3 is 1.97 bits per heavy atom. The van der Waals surface area contributed by atoms with Gasteiger partial charge in [0.15, 0.2) is 0 Å². The number of benzene rings is 4. The number of hydrogen-bond donors (Lipinski definition) is 0. The average molecular weight is 607 g/mol. The van der Waals surface area contributed by atoms with Crippen molar-refractivity contribution in [2.24, 2.45) is 0 Å². The molecule has 4 aromatic carbocycles. The van der Waals surface area contributed by atoms with E-state index in [4.69, 9.17) is 9.97 Å². The molecule has 186 valence electrons. The van der Waals surface area contributed by atoms with Crippen molar-refractivity contribution >= 4 is 50.4 Å². The molecule has 0 aliphatic heterocycles. The summed E-state index contributed by atoms with van der Waals surface area (Å²) in [6.45, 7) is 2.15. The molecule has 0 saturated heterocycles. The van der Waals surface area contributed by atoms with E-state index >= 15 is 0 Å². The second-order valence-electron chi connectivity index (χ2n) is 9.06. The molecule has 0 aliphatic rings. The minimum atomic E-state index is 0.873. The third kappa shape index (κ3) is 4.47. The Labute approximate surface area is 236 Å². The van der Waals surface area contributed by atoms with E-state index in [1.807, 2.05) is 18.2 Å². The third-order valence-corrected chi connectivity index (χ3v) is 7.40. The van der Waals surface area contributed by atoms with Crippen molar-refractivity contribution < 1.29 is 0 Å². The van der Waals surface area contributed by atoms with E-state index in [0.717, 1.165) is 61.4 Å². The van der Waals surface area contributed by atoms with Crippen molar-refractivity contribution in [3.05, 3.63) is 121 Å². The number of para-hydroxylation sites is 5. The predicted molar refractivity (Wildman–Crippen MR) is 168 cm³/mol. The van der Waals surface area contributed by atoms with Crippen LogP contribution in [0.5, 0.6) is 0 Å². The maximum Gasteiger partial charge on any atom is 0.145 e. The molecule has 0 unspecified atom stereocenters. The van der Waals surface area contributed by atoms with Crippen molar-refractivity contribution in [2.75, 3.05) is 4.43 Å². The fourth-order valence-corrected chi connectivity index (χ4v) is 5.43. The van der Waals surface area contributed by atoms with Crippen molar-refractivity contribution in [3.63, 3.8) is 0 Å². The minimum Gasteiger partial charge on any atom is -0.295 e. The third-order valence-electron chi connectivity index (χ3n) is 6.62. The molecule has 0 aliphatic carbocycles. The highest BCUT2D eigenvalue weighted by atomic mass is 127. The molecule has 0 amide bonds. The van der Waals surface area contributed by atoms with Gasteiger partial charge in [-0.2, -0.15) is 0 Å². The largest absolute Gasteiger partial charge is 0.295 e. The molecule has 0 atom stereocenters. The van der Waals surface area contributed by atoms with Crippen molar-refractivity contribution in [1.82, 2.24) is 19.1 Å². The second kappa shape index (κ2) is 10.8. The molecule has 5 heteroatoms. The van der Waals surface area contributed by atoms with Gasteiger partial charge in [-0.05, 0) is 48.9 Å². The first-order valence-electron chi connectivity index (χ1n) is 12.8. The highest BCUT2D eigenvalue weighted by Crippen LogP contribution is 2.33. The first kappa shape index (κ1) is 24.4. The summed E-state index contributed by atoms with van der Waals surface area (Å²) in [4.78, 5) is 10.1. The summed E-state index contributed by atoms with van der Waals surface area (Å²) in [6, 6.07) is 35.7. The van der Waals surface area contributed by atoms with Crippen LogP contribution in [0.2, 0.25) is 0 Å². The lowest BCUT2D eigenvalue weighted by atomic mass is 10.1.